The molecule has 1 aliphatic rings. The summed E-state index contributed by atoms with van der Waals surface area (Å²) in [6.07, 6.45) is 2.79. The van der Waals surface area contributed by atoms with Crippen molar-refractivity contribution in [2.24, 2.45) is 0 Å². The van der Waals surface area contributed by atoms with Gasteiger partial charge in [-0.2, -0.15) is 5.26 Å². The normalized spacial score (nSPS) is 14.5. The van der Waals surface area contributed by atoms with Crippen LogP contribution in [0, 0.1) is 25.2 Å². The third kappa shape index (κ3) is 2.67. The minimum atomic E-state index is 0.443. The number of nitriles is 1. The van der Waals surface area contributed by atoms with Crippen molar-refractivity contribution in [1.29, 1.82) is 5.26 Å². The molecule has 17 heavy (non-hydrogen) atoms. The molecule has 1 aromatic rings. The maximum Gasteiger partial charge on any atom is 0.171 e. The highest BCUT2D eigenvalue weighted by molar-refractivity contribution is 6.31. The van der Waals surface area contributed by atoms with Gasteiger partial charge in [0.15, 0.2) is 11.0 Å². The van der Waals surface area contributed by atoms with Crippen molar-refractivity contribution in [3.05, 3.63) is 16.5 Å². The molecule has 0 aromatic carbocycles. The van der Waals surface area contributed by atoms with Gasteiger partial charge in [0, 0.05) is 12.6 Å². The summed E-state index contributed by atoms with van der Waals surface area (Å²) in [5.41, 5.74) is 1.75. The highest BCUT2D eigenvalue weighted by Gasteiger charge is 2.31. The summed E-state index contributed by atoms with van der Waals surface area (Å²) < 4.78 is 0. The number of hydrogen-bond acceptors (Lipinski definition) is 4. The highest BCUT2D eigenvalue weighted by atomic mass is 35.5. The first-order chi connectivity index (χ1) is 8.13. The van der Waals surface area contributed by atoms with Crippen molar-refractivity contribution in [2.45, 2.75) is 39.2 Å². The molecule has 2 rings (SSSR count). The highest BCUT2D eigenvalue weighted by Crippen LogP contribution is 2.34. The van der Waals surface area contributed by atoms with Gasteiger partial charge in [0.1, 0.15) is 0 Å². The van der Waals surface area contributed by atoms with Gasteiger partial charge in [0.25, 0.3) is 0 Å². The van der Waals surface area contributed by atoms with Crippen molar-refractivity contribution in [1.82, 2.24) is 9.97 Å². The summed E-state index contributed by atoms with van der Waals surface area (Å²) in [7, 11) is 0. The van der Waals surface area contributed by atoms with E-state index in [4.69, 9.17) is 16.9 Å². The van der Waals surface area contributed by atoms with Crippen LogP contribution in [0.3, 0.4) is 0 Å². The maximum atomic E-state index is 8.69. The van der Waals surface area contributed by atoms with Crippen LogP contribution in [0.25, 0.3) is 0 Å². The fourth-order valence-electron chi connectivity index (χ4n) is 1.76. The SMILES string of the molecule is Cc1nc(Cl)c(N(CCC#N)C2CC2)nc1C. The summed E-state index contributed by atoms with van der Waals surface area (Å²) in [6.45, 7) is 4.50. The molecular formula is C12H15ClN4. The Morgan fingerprint density at radius 3 is 2.59 bits per heavy atom. The van der Waals surface area contributed by atoms with Gasteiger partial charge in [0.2, 0.25) is 0 Å². The van der Waals surface area contributed by atoms with E-state index in [9.17, 15) is 0 Å². The number of hydrogen-bond donors (Lipinski definition) is 0. The Hall–Kier alpha value is -1.34. The van der Waals surface area contributed by atoms with Gasteiger partial charge in [-0.3, -0.25) is 0 Å². The van der Waals surface area contributed by atoms with Crippen LogP contribution in [0.4, 0.5) is 5.82 Å². The summed E-state index contributed by atoms with van der Waals surface area (Å²) in [6, 6.07) is 2.65. The molecular weight excluding hydrogens is 236 g/mol. The van der Waals surface area contributed by atoms with Gasteiger partial charge in [-0.25, -0.2) is 9.97 Å². The molecule has 0 atom stereocenters. The quantitative estimate of drug-likeness (QED) is 0.824. The lowest BCUT2D eigenvalue weighted by atomic mass is 10.3. The number of anilines is 1. The summed E-state index contributed by atoms with van der Waals surface area (Å²) in [5, 5.41) is 9.13. The van der Waals surface area contributed by atoms with Gasteiger partial charge < -0.3 is 4.90 Å². The molecule has 4 nitrogen and oxygen atoms in total. The van der Waals surface area contributed by atoms with Gasteiger partial charge in [-0.05, 0) is 26.7 Å². The Kier molecular flexibility index (Phi) is 3.49. The zero-order valence-corrected chi connectivity index (χ0v) is 10.8. The number of rotatable bonds is 4. The Morgan fingerprint density at radius 2 is 2.00 bits per heavy atom. The first-order valence-electron chi connectivity index (χ1n) is 5.78. The van der Waals surface area contributed by atoms with Crippen molar-refractivity contribution in [2.75, 3.05) is 11.4 Å². The van der Waals surface area contributed by atoms with Crippen LogP contribution in [-0.4, -0.2) is 22.6 Å². The third-order valence-corrected chi connectivity index (χ3v) is 3.23. The van der Waals surface area contributed by atoms with Crippen molar-refractivity contribution in [3.63, 3.8) is 0 Å². The molecule has 1 aliphatic carbocycles. The molecule has 0 N–H and O–H groups in total. The van der Waals surface area contributed by atoms with E-state index in [1.54, 1.807) is 0 Å². The minimum absolute atomic E-state index is 0.443. The molecule has 1 fully saturated rings. The van der Waals surface area contributed by atoms with Crippen LogP contribution in [0.5, 0.6) is 0 Å². The van der Waals surface area contributed by atoms with E-state index in [1.165, 1.54) is 0 Å². The predicted molar refractivity (Wildman–Crippen MR) is 67.1 cm³/mol. The molecule has 0 aliphatic heterocycles. The lowest BCUT2D eigenvalue weighted by Crippen LogP contribution is -2.28. The van der Waals surface area contributed by atoms with E-state index in [0.29, 0.717) is 24.2 Å². The van der Waals surface area contributed by atoms with Crippen LogP contribution >= 0.6 is 11.6 Å². The molecule has 0 radical (unpaired) electrons. The molecule has 0 saturated heterocycles. The number of aryl methyl sites for hydroxylation is 2. The standard InChI is InChI=1S/C12H15ClN4/c1-8-9(2)16-12(11(13)15-8)17(7-3-6-14)10-4-5-10/h10H,3-5,7H2,1-2H3. The lowest BCUT2D eigenvalue weighted by Gasteiger charge is -2.23. The van der Waals surface area contributed by atoms with E-state index in [-0.39, 0.29) is 0 Å². The number of nitrogens with zero attached hydrogens (tertiary/aromatic N) is 4. The van der Waals surface area contributed by atoms with Crippen LogP contribution in [0.15, 0.2) is 0 Å². The lowest BCUT2D eigenvalue weighted by molar-refractivity contribution is 0.769. The first-order valence-corrected chi connectivity index (χ1v) is 6.15. The Labute approximate surface area is 106 Å². The smallest absolute Gasteiger partial charge is 0.171 e. The molecule has 0 spiro atoms. The Balaban J connectivity index is 2.29. The summed E-state index contributed by atoms with van der Waals surface area (Å²) >= 11 is 6.15. The largest absolute Gasteiger partial charge is 0.350 e. The Bertz CT molecular complexity index is 462. The second kappa shape index (κ2) is 4.89. The van der Waals surface area contributed by atoms with Gasteiger partial charge >= 0.3 is 0 Å². The minimum Gasteiger partial charge on any atom is -0.350 e. The summed E-state index contributed by atoms with van der Waals surface area (Å²) in [4.78, 5) is 10.9. The second-order valence-corrected chi connectivity index (χ2v) is 4.70. The van der Waals surface area contributed by atoms with Crippen molar-refractivity contribution < 1.29 is 0 Å². The van der Waals surface area contributed by atoms with Crippen molar-refractivity contribution in [3.8, 4) is 6.07 Å². The molecule has 1 saturated carbocycles. The van der Waals surface area contributed by atoms with Gasteiger partial charge in [0.05, 0.1) is 23.9 Å². The van der Waals surface area contributed by atoms with Crippen LogP contribution in [-0.2, 0) is 0 Å². The topological polar surface area (TPSA) is 52.8 Å². The molecule has 0 amide bonds. The van der Waals surface area contributed by atoms with Crippen LogP contribution < -0.4 is 4.90 Å². The molecule has 90 valence electrons. The van der Waals surface area contributed by atoms with Gasteiger partial charge in [-0.15, -0.1) is 0 Å². The molecule has 5 heteroatoms. The van der Waals surface area contributed by atoms with Gasteiger partial charge in [-0.1, -0.05) is 11.6 Å². The van der Waals surface area contributed by atoms with Crippen LogP contribution in [0.1, 0.15) is 30.7 Å². The third-order valence-electron chi connectivity index (χ3n) is 2.97. The van der Waals surface area contributed by atoms with E-state index >= 15 is 0 Å². The first kappa shape index (κ1) is 12.1. The Morgan fingerprint density at radius 1 is 1.35 bits per heavy atom. The summed E-state index contributed by atoms with van der Waals surface area (Å²) in [5.74, 6) is 0.729. The second-order valence-electron chi connectivity index (χ2n) is 4.34. The van der Waals surface area contributed by atoms with E-state index in [0.717, 1.165) is 30.0 Å². The van der Waals surface area contributed by atoms with E-state index in [2.05, 4.69) is 20.9 Å². The number of aromatic nitrogens is 2. The fraction of sp³-hybridized carbons (Fsp3) is 0.583. The molecule has 1 heterocycles. The fourth-order valence-corrected chi connectivity index (χ4v) is 2.04. The average Bonchev–Trinajstić information content (AvgIpc) is 3.10. The zero-order valence-electron chi connectivity index (χ0n) is 10.1. The monoisotopic (exact) mass is 250 g/mol. The van der Waals surface area contributed by atoms with Crippen molar-refractivity contribution >= 4 is 17.4 Å². The molecule has 0 bridgehead atoms. The molecule has 0 unspecified atom stereocenters. The number of halogens is 1. The predicted octanol–water partition coefficient (Wildman–Crippen LogP) is 2.63. The maximum absolute atomic E-state index is 8.69. The zero-order chi connectivity index (χ0) is 12.4. The molecule has 1 aromatic heterocycles. The van der Waals surface area contributed by atoms with E-state index in [1.807, 2.05) is 13.8 Å². The van der Waals surface area contributed by atoms with E-state index < -0.39 is 0 Å². The average molecular weight is 251 g/mol. The van der Waals surface area contributed by atoms with Crippen LogP contribution in [0.2, 0.25) is 5.15 Å².